The van der Waals surface area contributed by atoms with E-state index in [1.54, 1.807) is 0 Å². The van der Waals surface area contributed by atoms with Crippen molar-refractivity contribution in [1.29, 1.82) is 0 Å². The van der Waals surface area contributed by atoms with Gasteiger partial charge in [0, 0.05) is 6.04 Å². The predicted molar refractivity (Wildman–Crippen MR) is 58.0 cm³/mol. The Morgan fingerprint density at radius 2 is 2.23 bits per heavy atom. The monoisotopic (exact) mass is 184 g/mol. The Bertz CT molecular complexity index is 128. The van der Waals surface area contributed by atoms with E-state index in [1.165, 1.54) is 38.8 Å². The van der Waals surface area contributed by atoms with Crippen LogP contribution >= 0.6 is 0 Å². The largest absolute Gasteiger partial charge is 0.314 e. The Hall–Kier alpha value is -0.0800. The van der Waals surface area contributed by atoms with Crippen LogP contribution in [0.25, 0.3) is 0 Å². The van der Waals surface area contributed by atoms with Gasteiger partial charge in [-0.15, -0.1) is 0 Å². The van der Waals surface area contributed by atoms with E-state index in [0.717, 1.165) is 12.0 Å². The topological polar surface area (TPSA) is 15.3 Å². The third-order valence-corrected chi connectivity index (χ3v) is 2.92. The summed E-state index contributed by atoms with van der Waals surface area (Å²) in [6.07, 6.45) is 5.48. The zero-order valence-electron chi connectivity index (χ0n) is 9.34. The lowest BCUT2D eigenvalue weighted by Crippen LogP contribution is -2.25. The highest BCUT2D eigenvalue weighted by Gasteiger charge is 2.16. The van der Waals surface area contributed by atoms with Crippen molar-refractivity contribution in [2.75, 3.05) is 27.2 Å². The van der Waals surface area contributed by atoms with Gasteiger partial charge in [0.1, 0.15) is 0 Å². The minimum absolute atomic E-state index is 0.817. The molecule has 0 saturated carbocycles. The molecule has 0 bridgehead atoms. The molecular formula is C11H24N2. The van der Waals surface area contributed by atoms with Gasteiger partial charge in [0.25, 0.3) is 0 Å². The molecule has 1 rings (SSSR count). The molecular weight excluding hydrogens is 160 g/mol. The Morgan fingerprint density at radius 3 is 2.77 bits per heavy atom. The van der Waals surface area contributed by atoms with Crippen LogP contribution in [0, 0.1) is 5.92 Å². The molecule has 0 aliphatic carbocycles. The second-order valence-electron chi connectivity index (χ2n) is 4.73. The molecule has 2 heteroatoms. The van der Waals surface area contributed by atoms with Gasteiger partial charge in [0.2, 0.25) is 0 Å². The highest BCUT2D eigenvalue weighted by molar-refractivity contribution is 4.76. The van der Waals surface area contributed by atoms with E-state index in [9.17, 15) is 0 Å². The lowest BCUT2D eigenvalue weighted by molar-refractivity contribution is 0.334. The molecule has 0 radical (unpaired) electrons. The van der Waals surface area contributed by atoms with Crippen LogP contribution in [0.5, 0.6) is 0 Å². The molecule has 2 nitrogen and oxygen atoms in total. The highest BCUT2D eigenvalue weighted by atomic mass is 15.0. The SMILES string of the molecule is CC(CCN(C)C)CC1CCCN1. The molecule has 0 aromatic heterocycles. The van der Waals surface area contributed by atoms with E-state index in [4.69, 9.17) is 0 Å². The van der Waals surface area contributed by atoms with Crippen molar-refractivity contribution < 1.29 is 0 Å². The van der Waals surface area contributed by atoms with Crippen LogP contribution in [0.1, 0.15) is 32.6 Å². The summed E-state index contributed by atoms with van der Waals surface area (Å²) in [5, 5.41) is 3.56. The summed E-state index contributed by atoms with van der Waals surface area (Å²) >= 11 is 0. The standard InChI is InChI=1S/C11H24N2/c1-10(6-8-13(2)3)9-11-5-4-7-12-11/h10-12H,4-9H2,1-3H3. The van der Waals surface area contributed by atoms with Gasteiger partial charge in [-0.25, -0.2) is 0 Å². The first-order valence-corrected chi connectivity index (χ1v) is 5.56. The average Bonchev–Trinajstić information content (AvgIpc) is 2.53. The van der Waals surface area contributed by atoms with Crippen LogP contribution in [0.3, 0.4) is 0 Å². The maximum atomic E-state index is 3.56. The van der Waals surface area contributed by atoms with Gasteiger partial charge in [-0.05, 0) is 58.8 Å². The maximum Gasteiger partial charge on any atom is 0.00700 e. The molecule has 0 aromatic carbocycles. The summed E-state index contributed by atoms with van der Waals surface area (Å²) in [5.74, 6) is 0.873. The van der Waals surface area contributed by atoms with E-state index < -0.39 is 0 Å². The summed E-state index contributed by atoms with van der Waals surface area (Å²) < 4.78 is 0. The zero-order chi connectivity index (χ0) is 9.68. The number of hydrogen-bond donors (Lipinski definition) is 1. The van der Waals surface area contributed by atoms with E-state index >= 15 is 0 Å². The first-order chi connectivity index (χ1) is 6.18. The molecule has 2 unspecified atom stereocenters. The third kappa shape index (κ3) is 4.63. The van der Waals surface area contributed by atoms with Crippen LogP contribution in [0.15, 0.2) is 0 Å². The summed E-state index contributed by atoms with van der Waals surface area (Å²) in [5.41, 5.74) is 0. The van der Waals surface area contributed by atoms with Crippen LogP contribution in [-0.4, -0.2) is 38.1 Å². The molecule has 0 aromatic rings. The molecule has 1 N–H and O–H groups in total. The van der Waals surface area contributed by atoms with Crippen molar-refractivity contribution in [2.45, 2.75) is 38.6 Å². The van der Waals surface area contributed by atoms with Crippen LogP contribution in [0.2, 0.25) is 0 Å². The fourth-order valence-electron chi connectivity index (χ4n) is 2.04. The van der Waals surface area contributed by atoms with Gasteiger partial charge < -0.3 is 10.2 Å². The van der Waals surface area contributed by atoms with Crippen molar-refractivity contribution in [3.63, 3.8) is 0 Å². The summed E-state index contributed by atoms with van der Waals surface area (Å²) in [4.78, 5) is 2.28. The fourth-order valence-corrected chi connectivity index (χ4v) is 2.04. The minimum atomic E-state index is 0.817. The molecule has 78 valence electrons. The maximum absolute atomic E-state index is 3.56. The van der Waals surface area contributed by atoms with Crippen LogP contribution in [-0.2, 0) is 0 Å². The molecule has 0 spiro atoms. The van der Waals surface area contributed by atoms with Crippen molar-refractivity contribution in [3.8, 4) is 0 Å². The molecule has 1 aliphatic rings. The third-order valence-electron chi connectivity index (χ3n) is 2.92. The smallest absolute Gasteiger partial charge is 0.00700 e. The average molecular weight is 184 g/mol. The first-order valence-electron chi connectivity index (χ1n) is 5.56. The Kier molecular flexibility index (Phi) is 4.74. The molecule has 1 fully saturated rings. The Balaban J connectivity index is 2.05. The Morgan fingerprint density at radius 1 is 1.46 bits per heavy atom. The summed E-state index contributed by atoms with van der Waals surface area (Å²) in [6.45, 7) is 4.85. The van der Waals surface area contributed by atoms with Gasteiger partial charge in [-0.3, -0.25) is 0 Å². The van der Waals surface area contributed by atoms with Crippen molar-refractivity contribution in [1.82, 2.24) is 10.2 Å². The molecule has 1 saturated heterocycles. The van der Waals surface area contributed by atoms with Crippen molar-refractivity contribution >= 4 is 0 Å². The molecule has 0 amide bonds. The number of nitrogens with one attached hydrogen (secondary N) is 1. The molecule has 2 atom stereocenters. The summed E-state index contributed by atoms with van der Waals surface area (Å²) in [6, 6.07) is 0.817. The van der Waals surface area contributed by atoms with Gasteiger partial charge in [-0.1, -0.05) is 6.92 Å². The van der Waals surface area contributed by atoms with E-state index in [-0.39, 0.29) is 0 Å². The Labute approximate surface area is 82.7 Å². The fraction of sp³-hybridized carbons (Fsp3) is 1.00. The van der Waals surface area contributed by atoms with Crippen molar-refractivity contribution in [3.05, 3.63) is 0 Å². The van der Waals surface area contributed by atoms with E-state index in [0.29, 0.717) is 0 Å². The van der Waals surface area contributed by atoms with Gasteiger partial charge >= 0.3 is 0 Å². The van der Waals surface area contributed by atoms with Gasteiger partial charge in [-0.2, -0.15) is 0 Å². The highest BCUT2D eigenvalue weighted by Crippen LogP contribution is 2.17. The van der Waals surface area contributed by atoms with Crippen molar-refractivity contribution in [2.24, 2.45) is 5.92 Å². The number of nitrogens with zero attached hydrogens (tertiary/aromatic N) is 1. The molecule has 1 heterocycles. The van der Waals surface area contributed by atoms with Gasteiger partial charge in [0.15, 0.2) is 0 Å². The summed E-state index contributed by atoms with van der Waals surface area (Å²) in [7, 11) is 4.31. The number of rotatable bonds is 5. The minimum Gasteiger partial charge on any atom is -0.314 e. The van der Waals surface area contributed by atoms with Gasteiger partial charge in [0.05, 0.1) is 0 Å². The van der Waals surface area contributed by atoms with Crippen LogP contribution in [0.4, 0.5) is 0 Å². The first kappa shape index (κ1) is 11.0. The quantitative estimate of drug-likeness (QED) is 0.700. The van der Waals surface area contributed by atoms with Crippen LogP contribution < -0.4 is 5.32 Å². The molecule has 1 aliphatic heterocycles. The van der Waals surface area contributed by atoms with E-state index in [2.05, 4.69) is 31.2 Å². The van der Waals surface area contributed by atoms with E-state index in [1.807, 2.05) is 0 Å². The normalized spacial score (nSPS) is 25.4. The zero-order valence-corrected chi connectivity index (χ0v) is 9.34. The lowest BCUT2D eigenvalue weighted by Gasteiger charge is -2.18. The molecule has 13 heavy (non-hydrogen) atoms. The number of hydrogen-bond acceptors (Lipinski definition) is 2. The predicted octanol–water partition coefficient (Wildman–Crippen LogP) is 1.72. The lowest BCUT2D eigenvalue weighted by atomic mass is 9.97. The second kappa shape index (κ2) is 5.61. The second-order valence-corrected chi connectivity index (χ2v) is 4.73.